The molecule has 0 amide bonds. The average molecular weight is 167 g/mol. The number of esters is 1. The predicted octanol–water partition coefficient (Wildman–Crippen LogP) is 0.469. The monoisotopic (exact) mass is 167 g/mol. The van der Waals surface area contributed by atoms with E-state index in [2.05, 4.69) is 5.32 Å². The minimum Gasteiger partial charge on any atom is -0.469 e. The van der Waals surface area contributed by atoms with Gasteiger partial charge in [-0.25, -0.2) is 0 Å². The van der Waals surface area contributed by atoms with Crippen LogP contribution in [0.5, 0.6) is 0 Å². The number of carbonyl (C=O) groups is 1. The Balaban J connectivity index is 1.99. The maximum Gasteiger partial charge on any atom is 0.309 e. The van der Waals surface area contributed by atoms with Gasteiger partial charge in [-0.1, -0.05) is 11.1 Å². The first kappa shape index (κ1) is 7.80. The van der Waals surface area contributed by atoms with Crippen LogP contribution in [0.2, 0.25) is 0 Å². The predicted molar refractivity (Wildman–Crippen MR) is 44.6 cm³/mol. The van der Waals surface area contributed by atoms with Gasteiger partial charge in [0.05, 0.1) is 13.0 Å². The summed E-state index contributed by atoms with van der Waals surface area (Å²) in [5.74, 6) is 0.0616. The molecule has 2 aliphatic rings. The van der Waals surface area contributed by atoms with Gasteiger partial charge < -0.3 is 10.1 Å². The topological polar surface area (TPSA) is 38.3 Å². The Bertz CT molecular complexity index is 229. The van der Waals surface area contributed by atoms with Crippen LogP contribution in [-0.2, 0) is 9.53 Å². The minimum absolute atomic E-state index is 0.0515. The van der Waals surface area contributed by atoms with Crippen molar-refractivity contribution in [1.29, 1.82) is 0 Å². The first-order valence-electron chi connectivity index (χ1n) is 4.29. The fourth-order valence-corrected chi connectivity index (χ4v) is 2.05. The van der Waals surface area contributed by atoms with Gasteiger partial charge in [0.1, 0.15) is 0 Å². The third-order valence-electron chi connectivity index (χ3n) is 2.70. The van der Waals surface area contributed by atoms with E-state index in [9.17, 15) is 4.79 Å². The summed E-state index contributed by atoms with van der Waals surface area (Å²) in [6, 6.07) is 0. The van der Waals surface area contributed by atoms with Gasteiger partial charge in [0.15, 0.2) is 0 Å². The van der Waals surface area contributed by atoms with Crippen LogP contribution in [0.15, 0.2) is 11.1 Å². The second-order valence-corrected chi connectivity index (χ2v) is 3.44. The Morgan fingerprint density at radius 1 is 1.42 bits per heavy atom. The van der Waals surface area contributed by atoms with Crippen LogP contribution in [0.1, 0.15) is 12.8 Å². The molecule has 0 unspecified atom stereocenters. The summed E-state index contributed by atoms with van der Waals surface area (Å²) in [5, 5.41) is 3.28. The number of carbonyl (C=O) groups excluding carboxylic acids is 1. The summed E-state index contributed by atoms with van der Waals surface area (Å²) in [5.41, 5.74) is 2.87. The molecule has 12 heavy (non-hydrogen) atoms. The minimum atomic E-state index is -0.0515. The van der Waals surface area contributed by atoms with Gasteiger partial charge in [0.25, 0.3) is 0 Å². The Kier molecular flexibility index (Phi) is 1.89. The van der Waals surface area contributed by atoms with Crippen LogP contribution < -0.4 is 5.32 Å². The van der Waals surface area contributed by atoms with Gasteiger partial charge >= 0.3 is 5.97 Å². The molecule has 0 aromatic rings. The summed E-state index contributed by atoms with van der Waals surface area (Å²) in [7, 11) is 1.46. The molecule has 1 aliphatic heterocycles. The quantitative estimate of drug-likeness (QED) is 0.455. The summed E-state index contributed by atoms with van der Waals surface area (Å²) in [6.45, 7) is 1.95. The number of rotatable bonds is 1. The average Bonchev–Trinajstić information content (AvgIpc) is 2.60. The van der Waals surface area contributed by atoms with Crippen LogP contribution in [0.4, 0.5) is 0 Å². The summed E-state index contributed by atoms with van der Waals surface area (Å²) >= 11 is 0. The molecule has 3 nitrogen and oxygen atoms in total. The van der Waals surface area contributed by atoms with Crippen LogP contribution in [0.25, 0.3) is 0 Å². The Hall–Kier alpha value is -0.830. The van der Waals surface area contributed by atoms with Gasteiger partial charge in [-0.15, -0.1) is 0 Å². The van der Waals surface area contributed by atoms with E-state index in [1.54, 1.807) is 0 Å². The summed E-state index contributed by atoms with van der Waals surface area (Å²) < 4.78 is 4.71. The lowest BCUT2D eigenvalue weighted by Crippen LogP contribution is -2.18. The lowest BCUT2D eigenvalue weighted by molar-refractivity contribution is -0.145. The smallest absolute Gasteiger partial charge is 0.309 e. The normalized spacial score (nSPS) is 23.1. The van der Waals surface area contributed by atoms with Crippen molar-refractivity contribution in [2.75, 3.05) is 20.2 Å². The first-order chi connectivity index (χ1) is 5.81. The zero-order valence-electron chi connectivity index (χ0n) is 7.22. The van der Waals surface area contributed by atoms with Crippen molar-refractivity contribution < 1.29 is 9.53 Å². The number of methoxy groups -OCH3 is 1. The van der Waals surface area contributed by atoms with Crippen molar-refractivity contribution in [1.82, 2.24) is 5.32 Å². The lowest BCUT2D eigenvalue weighted by Gasteiger charge is -2.08. The molecule has 0 bridgehead atoms. The molecule has 0 aromatic carbocycles. The van der Waals surface area contributed by atoms with E-state index in [0.717, 1.165) is 25.9 Å². The maximum absolute atomic E-state index is 11.2. The fourth-order valence-electron chi connectivity index (χ4n) is 2.05. The molecule has 3 heteroatoms. The fraction of sp³-hybridized carbons (Fsp3) is 0.667. The van der Waals surface area contributed by atoms with E-state index in [1.165, 1.54) is 18.3 Å². The zero-order valence-corrected chi connectivity index (χ0v) is 7.22. The molecular formula is C9H13NO2. The van der Waals surface area contributed by atoms with Gasteiger partial charge in [0.2, 0.25) is 0 Å². The molecular weight excluding hydrogens is 154 g/mol. The highest BCUT2D eigenvalue weighted by atomic mass is 16.5. The van der Waals surface area contributed by atoms with Crippen molar-refractivity contribution in [3.05, 3.63) is 11.1 Å². The Morgan fingerprint density at radius 2 is 2.00 bits per heavy atom. The number of hydrogen-bond donors (Lipinski definition) is 1. The highest BCUT2D eigenvalue weighted by Gasteiger charge is 2.31. The summed E-state index contributed by atoms with van der Waals surface area (Å²) in [6.07, 6.45) is 1.82. The largest absolute Gasteiger partial charge is 0.469 e. The number of hydrogen-bond acceptors (Lipinski definition) is 3. The van der Waals surface area contributed by atoms with Crippen LogP contribution in [-0.4, -0.2) is 26.2 Å². The van der Waals surface area contributed by atoms with Crippen LogP contribution >= 0.6 is 0 Å². The third-order valence-corrected chi connectivity index (χ3v) is 2.70. The molecule has 0 aromatic heterocycles. The molecule has 0 radical (unpaired) electrons. The Morgan fingerprint density at radius 3 is 2.50 bits per heavy atom. The molecule has 0 saturated carbocycles. The van der Waals surface area contributed by atoms with Gasteiger partial charge in [0, 0.05) is 13.1 Å². The van der Waals surface area contributed by atoms with Crippen molar-refractivity contribution in [2.24, 2.45) is 5.92 Å². The molecule has 1 aliphatic carbocycles. The van der Waals surface area contributed by atoms with E-state index in [0.29, 0.717) is 0 Å². The Labute approximate surface area is 71.8 Å². The highest BCUT2D eigenvalue weighted by Crippen LogP contribution is 2.33. The maximum atomic E-state index is 11.2. The number of ether oxygens (including phenoxy) is 1. The van der Waals surface area contributed by atoms with E-state index in [-0.39, 0.29) is 11.9 Å². The molecule has 1 N–H and O–H groups in total. The van der Waals surface area contributed by atoms with Crippen LogP contribution in [0.3, 0.4) is 0 Å². The molecule has 0 atom stereocenters. The molecule has 66 valence electrons. The van der Waals surface area contributed by atoms with Crippen molar-refractivity contribution in [3.8, 4) is 0 Å². The molecule has 1 heterocycles. The van der Waals surface area contributed by atoms with E-state index >= 15 is 0 Å². The van der Waals surface area contributed by atoms with E-state index < -0.39 is 0 Å². The van der Waals surface area contributed by atoms with Gasteiger partial charge in [-0.05, 0) is 12.8 Å². The molecule has 0 fully saturated rings. The third kappa shape index (κ3) is 1.14. The van der Waals surface area contributed by atoms with E-state index in [4.69, 9.17) is 4.74 Å². The van der Waals surface area contributed by atoms with E-state index in [1.807, 2.05) is 0 Å². The first-order valence-corrected chi connectivity index (χ1v) is 4.29. The second-order valence-electron chi connectivity index (χ2n) is 3.44. The highest BCUT2D eigenvalue weighted by molar-refractivity contribution is 5.74. The van der Waals surface area contributed by atoms with Crippen molar-refractivity contribution in [3.63, 3.8) is 0 Å². The van der Waals surface area contributed by atoms with Gasteiger partial charge in [-0.2, -0.15) is 0 Å². The van der Waals surface area contributed by atoms with Crippen molar-refractivity contribution in [2.45, 2.75) is 12.8 Å². The second kappa shape index (κ2) is 2.90. The standard InChI is InChI=1S/C9H13NO2/c1-12-9(11)6-2-7-4-10-5-8(7)3-6/h6,10H,2-5H2,1H3. The molecule has 0 spiro atoms. The zero-order chi connectivity index (χ0) is 8.55. The number of nitrogens with one attached hydrogen (secondary N) is 1. The molecule has 2 rings (SSSR count). The summed E-state index contributed by atoms with van der Waals surface area (Å²) in [4.78, 5) is 11.2. The molecule has 0 saturated heterocycles. The van der Waals surface area contributed by atoms with Crippen LogP contribution in [0, 0.1) is 5.92 Å². The SMILES string of the molecule is COC(=O)C1CC2=C(CNC2)C1. The lowest BCUT2D eigenvalue weighted by atomic mass is 10.0. The van der Waals surface area contributed by atoms with Crippen molar-refractivity contribution >= 4 is 5.97 Å². The van der Waals surface area contributed by atoms with Gasteiger partial charge in [-0.3, -0.25) is 4.79 Å².